The van der Waals surface area contributed by atoms with Crippen LogP contribution >= 0.6 is 11.6 Å². The third-order valence-corrected chi connectivity index (χ3v) is 5.15. The van der Waals surface area contributed by atoms with E-state index in [-0.39, 0.29) is 12.8 Å². The Hall–Kier alpha value is -2.44. The summed E-state index contributed by atoms with van der Waals surface area (Å²) in [5.41, 5.74) is 1.87. The van der Waals surface area contributed by atoms with E-state index in [9.17, 15) is 4.79 Å². The number of hydrogen-bond donors (Lipinski definition) is 2. The van der Waals surface area contributed by atoms with Crippen LogP contribution < -0.4 is 19.7 Å². The van der Waals surface area contributed by atoms with E-state index in [1.807, 2.05) is 35.2 Å². The molecule has 0 radical (unpaired) electrons. The summed E-state index contributed by atoms with van der Waals surface area (Å²) in [7, 11) is 0. The summed E-state index contributed by atoms with van der Waals surface area (Å²) in [6.07, 6.45) is 0. The van der Waals surface area contributed by atoms with Crippen molar-refractivity contribution < 1.29 is 19.2 Å². The summed E-state index contributed by atoms with van der Waals surface area (Å²) in [5.74, 6) is 1.37. The molecular formula is C19H21ClN3O3+. The van der Waals surface area contributed by atoms with Crippen molar-refractivity contribution in [1.29, 1.82) is 0 Å². The number of fused-ring (bicyclic) bond motifs is 1. The van der Waals surface area contributed by atoms with Crippen LogP contribution in [0.25, 0.3) is 0 Å². The van der Waals surface area contributed by atoms with Gasteiger partial charge in [0.1, 0.15) is 6.54 Å². The van der Waals surface area contributed by atoms with Crippen LogP contribution in [-0.4, -0.2) is 43.9 Å². The fourth-order valence-electron chi connectivity index (χ4n) is 3.29. The molecule has 6 nitrogen and oxygen atoms in total. The summed E-state index contributed by atoms with van der Waals surface area (Å²) in [4.78, 5) is 15.8. The van der Waals surface area contributed by atoms with Crippen LogP contribution in [0.4, 0.5) is 10.5 Å². The Morgan fingerprint density at radius 1 is 1.12 bits per heavy atom. The van der Waals surface area contributed by atoms with Gasteiger partial charge in [-0.05, 0) is 18.2 Å². The van der Waals surface area contributed by atoms with Crippen molar-refractivity contribution in [2.45, 2.75) is 6.54 Å². The molecule has 0 unspecified atom stereocenters. The molecule has 0 saturated carbocycles. The number of hydrogen-bond acceptors (Lipinski definition) is 3. The highest BCUT2D eigenvalue weighted by Gasteiger charge is 2.24. The van der Waals surface area contributed by atoms with E-state index >= 15 is 0 Å². The first kappa shape index (κ1) is 17.0. The molecule has 2 heterocycles. The minimum absolute atomic E-state index is 0.0827. The average molecular weight is 375 g/mol. The van der Waals surface area contributed by atoms with Gasteiger partial charge in [-0.3, -0.25) is 0 Å². The van der Waals surface area contributed by atoms with Crippen molar-refractivity contribution in [3.05, 3.63) is 53.1 Å². The maximum atomic E-state index is 12.5. The highest BCUT2D eigenvalue weighted by molar-refractivity contribution is 6.31. The van der Waals surface area contributed by atoms with E-state index in [2.05, 4.69) is 11.4 Å². The maximum absolute atomic E-state index is 12.5. The van der Waals surface area contributed by atoms with Crippen molar-refractivity contribution in [1.82, 2.24) is 4.90 Å². The number of carbonyl (C=O) groups excluding carboxylic acids is 1. The predicted molar refractivity (Wildman–Crippen MR) is 99.0 cm³/mol. The molecule has 26 heavy (non-hydrogen) atoms. The van der Waals surface area contributed by atoms with Gasteiger partial charge in [0.2, 0.25) is 6.79 Å². The average Bonchev–Trinajstić information content (AvgIpc) is 3.12. The van der Waals surface area contributed by atoms with E-state index in [4.69, 9.17) is 21.1 Å². The van der Waals surface area contributed by atoms with Crippen LogP contribution in [0.2, 0.25) is 5.02 Å². The standard InChI is InChI=1S/C19H20ClN3O3/c20-16-4-2-1-3-14(16)12-22-7-9-23(10-8-22)19(24)21-15-5-6-17-18(11-15)26-13-25-17/h1-6,11H,7-10,12-13H2,(H,21,24)/p+1. The third kappa shape index (κ3) is 3.71. The summed E-state index contributed by atoms with van der Waals surface area (Å²) >= 11 is 6.25. The molecular weight excluding hydrogens is 354 g/mol. The number of halogens is 1. The van der Waals surface area contributed by atoms with E-state index in [1.165, 1.54) is 4.90 Å². The van der Waals surface area contributed by atoms with Crippen LogP contribution in [0.15, 0.2) is 42.5 Å². The zero-order valence-electron chi connectivity index (χ0n) is 14.3. The molecule has 0 aromatic heterocycles. The molecule has 2 aliphatic rings. The smallest absolute Gasteiger partial charge is 0.322 e. The van der Waals surface area contributed by atoms with Crippen LogP contribution in [-0.2, 0) is 6.54 Å². The Balaban J connectivity index is 1.30. The largest absolute Gasteiger partial charge is 0.454 e. The zero-order chi connectivity index (χ0) is 17.9. The van der Waals surface area contributed by atoms with Crippen molar-refractivity contribution >= 4 is 23.3 Å². The summed E-state index contributed by atoms with van der Waals surface area (Å²) in [5, 5.41) is 3.74. The van der Waals surface area contributed by atoms with Gasteiger partial charge in [-0.2, -0.15) is 0 Å². The number of rotatable bonds is 3. The fourth-order valence-corrected chi connectivity index (χ4v) is 3.49. The molecule has 2 N–H and O–H groups in total. The first-order valence-corrected chi connectivity index (χ1v) is 9.09. The second-order valence-corrected chi connectivity index (χ2v) is 6.91. The maximum Gasteiger partial charge on any atom is 0.322 e. The van der Waals surface area contributed by atoms with Crippen molar-refractivity contribution in [3.63, 3.8) is 0 Å². The minimum Gasteiger partial charge on any atom is -0.454 e. The predicted octanol–water partition coefficient (Wildman–Crippen LogP) is 2.00. The first-order chi connectivity index (χ1) is 12.7. The number of anilines is 1. The summed E-state index contributed by atoms with van der Waals surface area (Å²) in [6.45, 7) is 4.35. The van der Waals surface area contributed by atoms with Crippen molar-refractivity contribution in [2.24, 2.45) is 0 Å². The molecule has 1 fully saturated rings. The molecule has 2 aromatic rings. The Labute approximate surface area is 157 Å². The number of nitrogens with zero attached hydrogens (tertiary/aromatic N) is 1. The van der Waals surface area contributed by atoms with Gasteiger partial charge in [-0.25, -0.2) is 4.79 Å². The highest BCUT2D eigenvalue weighted by Crippen LogP contribution is 2.34. The van der Waals surface area contributed by atoms with Gasteiger partial charge in [-0.1, -0.05) is 29.8 Å². The summed E-state index contributed by atoms with van der Waals surface area (Å²) in [6, 6.07) is 13.3. The number of piperazine rings is 1. The quantitative estimate of drug-likeness (QED) is 0.864. The van der Waals surface area contributed by atoms with Gasteiger partial charge in [-0.15, -0.1) is 0 Å². The van der Waals surface area contributed by atoms with Crippen LogP contribution in [0, 0.1) is 0 Å². The summed E-state index contributed by atoms with van der Waals surface area (Å²) < 4.78 is 10.6. The number of urea groups is 1. The van der Waals surface area contributed by atoms with E-state index in [0.29, 0.717) is 17.2 Å². The second-order valence-electron chi connectivity index (χ2n) is 6.50. The fraction of sp³-hybridized carbons (Fsp3) is 0.316. The first-order valence-electron chi connectivity index (χ1n) is 8.71. The second kappa shape index (κ2) is 7.43. The van der Waals surface area contributed by atoms with Gasteiger partial charge < -0.3 is 24.6 Å². The molecule has 1 saturated heterocycles. The molecule has 0 aliphatic carbocycles. The lowest BCUT2D eigenvalue weighted by molar-refractivity contribution is -0.917. The Morgan fingerprint density at radius 2 is 1.88 bits per heavy atom. The van der Waals surface area contributed by atoms with Gasteiger partial charge in [0.25, 0.3) is 0 Å². The van der Waals surface area contributed by atoms with Crippen LogP contribution in [0.5, 0.6) is 11.5 Å². The van der Waals surface area contributed by atoms with E-state index < -0.39 is 0 Å². The molecule has 0 spiro atoms. The minimum atomic E-state index is -0.0827. The molecule has 136 valence electrons. The van der Waals surface area contributed by atoms with Crippen molar-refractivity contribution in [2.75, 3.05) is 38.3 Å². The number of carbonyl (C=O) groups is 1. The molecule has 4 rings (SSSR count). The molecule has 2 aromatic carbocycles. The lowest BCUT2D eigenvalue weighted by Crippen LogP contribution is -3.13. The topological polar surface area (TPSA) is 55.2 Å². The Bertz CT molecular complexity index is 806. The normalized spacial score (nSPS) is 16.6. The van der Waals surface area contributed by atoms with Crippen LogP contribution in [0.1, 0.15) is 5.56 Å². The van der Waals surface area contributed by atoms with E-state index in [1.54, 1.807) is 6.07 Å². The van der Waals surface area contributed by atoms with E-state index in [0.717, 1.165) is 43.3 Å². The number of ether oxygens (including phenoxy) is 2. The molecule has 2 aliphatic heterocycles. The molecule has 2 amide bonds. The van der Waals surface area contributed by atoms with Crippen LogP contribution in [0.3, 0.4) is 0 Å². The van der Waals surface area contributed by atoms with Gasteiger partial charge in [0.15, 0.2) is 11.5 Å². The Kier molecular flexibility index (Phi) is 4.86. The lowest BCUT2D eigenvalue weighted by Gasteiger charge is -2.32. The number of benzene rings is 2. The highest BCUT2D eigenvalue weighted by atomic mass is 35.5. The Morgan fingerprint density at radius 3 is 2.69 bits per heavy atom. The van der Waals surface area contributed by atoms with Gasteiger partial charge in [0.05, 0.1) is 26.2 Å². The molecule has 0 bridgehead atoms. The van der Waals surface area contributed by atoms with Gasteiger partial charge in [0, 0.05) is 22.3 Å². The van der Waals surface area contributed by atoms with Crippen molar-refractivity contribution in [3.8, 4) is 11.5 Å². The lowest BCUT2D eigenvalue weighted by atomic mass is 10.2. The number of quaternary nitrogens is 1. The molecule has 7 heteroatoms. The number of amides is 2. The monoisotopic (exact) mass is 374 g/mol. The molecule has 0 atom stereocenters. The van der Waals surface area contributed by atoms with Gasteiger partial charge >= 0.3 is 6.03 Å². The third-order valence-electron chi connectivity index (χ3n) is 4.78. The number of nitrogens with one attached hydrogen (secondary N) is 2. The SMILES string of the molecule is O=C(Nc1ccc2c(c1)OCO2)N1CC[NH+](Cc2ccccc2Cl)CC1. The zero-order valence-corrected chi connectivity index (χ0v) is 15.1.